The number of aliphatic hydroxyl groups excluding tert-OH is 2. The van der Waals surface area contributed by atoms with Crippen molar-refractivity contribution in [1.82, 2.24) is 15.1 Å². The molecule has 0 unspecified atom stereocenters. The third-order valence-corrected chi connectivity index (χ3v) is 12.6. The van der Waals surface area contributed by atoms with Gasteiger partial charge in [-0.3, -0.25) is 33.8 Å². The van der Waals surface area contributed by atoms with E-state index in [0.29, 0.717) is 16.9 Å². The summed E-state index contributed by atoms with van der Waals surface area (Å²) >= 11 is 1.40. The second-order valence-corrected chi connectivity index (χ2v) is 16.0. The molecule has 1 fully saturated rings. The fourth-order valence-electron chi connectivity index (χ4n) is 8.36. The first kappa shape index (κ1) is 43.4. The number of carboxylic acid groups (broad SMARTS) is 1. The maximum atomic E-state index is 13.3. The Morgan fingerprint density at radius 1 is 1.02 bits per heavy atom. The van der Waals surface area contributed by atoms with Gasteiger partial charge in [0.1, 0.15) is 51.7 Å². The van der Waals surface area contributed by atoms with Gasteiger partial charge in [0.15, 0.2) is 11.4 Å². The van der Waals surface area contributed by atoms with Crippen LogP contribution in [0.3, 0.4) is 0 Å². The maximum Gasteiger partial charge on any atom is 0.352 e. The van der Waals surface area contributed by atoms with Crippen molar-refractivity contribution < 1.29 is 70.0 Å². The largest absolute Gasteiger partial charge is 0.510 e. The number of ketones is 2. The number of Topliss-reactive ketones (excluding diaryl/α,β-unsaturated/α-hetero) is 2. The molecule has 3 amide bonds. The average molecular weight is 826 g/mol. The van der Waals surface area contributed by atoms with Crippen molar-refractivity contribution in [2.24, 2.45) is 23.3 Å². The SMILES string of the molecule is CC1=C(C(=O)O)N2C(=O)[C@@H](NC(=O)[C@H](N)c3ccc(O)cc3)[C@H]2SC1.CN(C)[C@@H]1C(O)=C(C(N)=O)C(=O)[C@@]2(O)C(O)=C3C(=O)c4c(O)cccc4[C@@](C)(O)[C@H]3C[C@@H]12.O. The van der Waals surface area contributed by atoms with Crippen LogP contribution in [0.5, 0.6) is 11.5 Å². The van der Waals surface area contributed by atoms with Gasteiger partial charge in [0.25, 0.3) is 11.8 Å². The number of primary amides is 1. The molecule has 7 rings (SSSR count). The van der Waals surface area contributed by atoms with Crippen LogP contribution in [0.25, 0.3) is 0 Å². The Labute approximate surface area is 334 Å². The molecule has 2 aliphatic heterocycles. The highest BCUT2D eigenvalue weighted by Gasteiger charge is 2.65. The van der Waals surface area contributed by atoms with Crippen LogP contribution in [0, 0.1) is 11.8 Å². The number of benzene rings is 2. The lowest BCUT2D eigenvalue weighted by atomic mass is 9.55. The molecule has 3 aliphatic carbocycles. The van der Waals surface area contributed by atoms with Gasteiger partial charge in [-0.15, -0.1) is 11.8 Å². The number of nitrogens with one attached hydrogen (secondary N) is 1. The highest BCUT2D eigenvalue weighted by Crippen LogP contribution is 2.56. The van der Waals surface area contributed by atoms with Gasteiger partial charge in [-0.05, 0) is 69.3 Å². The van der Waals surface area contributed by atoms with Crippen LogP contribution in [0.1, 0.15) is 47.8 Å². The van der Waals surface area contributed by atoms with Gasteiger partial charge >= 0.3 is 5.97 Å². The summed E-state index contributed by atoms with van der Waals surface area (Å²) in [7, 11) is 3.06. The van der Waals surface area contributed by atoms with Crippen LogP contribution in [0.4, 0.5) is 0 Å². The van der Waals surface area contributed by atoms with Crippen LogP contribution in [0.2, 0.25) is 0 Å². The lowest BCUT2D eigenvalue weighted by molar-refractivity contribution is -0.152. The number of carbonyl (C=O) groups excluding carboxylic acids is 5. The average Bonchev–Trinajstić information content (AvgIpc) is 3.14. The number of likely N-dealkylation sites (N-methyl/N-ethyl adjacent to an activating group) is 1. The minimum atomic E-state index is -2.75. The van der Waals surface area contributed by atoms with Crippen LogP contribution in [0.15, 0.2) is 76.4 Å². The fraction of sp³-hybridized carbons (Fsp3) is 0.368. The second-order valence-electron chi connectivity index (χ2n) is 14.9. The molecule has 2 heterocycles. The normalized spacial score (nSPS) is 29.1. The number of aliphatic hydroxyl groups is 4. The number of fused-ring (bicyclic) bond motifs is 4. The summed E-state index contributed by atoms with van der Waals surface area (Å²) < 4.78 is 0. The number of hydrogen-bond donors (Lipinski definition) is 10. The Kier molecular flexibility index (Phi) is 11.4. The Morgan fingerprint density at radius 2 is 1.64 bits per heavy atom. The van der Waals surface area contributed by atoms with Crippen LogP contribution in [-0.4, -0.2) is 129 Å². The molecule has 14 N–H and O–H groups in total. The summed E-state index contributed by atoms with van der Waals surface area (Å²) in [4.78, 5) is 77.1. The minimum absolute atomic E-state index is 0. The highest BCUT2D eigenvalue weighted by atomic mass is 32.2. The predicted molar refractivity (Wildman–Crippen MR) is 204 cm³/mol. The molecule has 19 nitrogen and oxygen atoms in total. The highest BCUT2D eigenvalue weighted by molar-refractivity contribution is 8.00. The van der Waals surface area contributed by atoms with E-state index < -0.39 is 110 Å². The van der Waals surface area contributed by atoms with Gasteiger partial charge in [0.05, 0.1) is 17.2 Å². The standard InChI is InChI=1S/C22H24N2O8.C16H17N3O5S.H2O/c1-21(31)8-5-4-6-11(25)12(8)16(26)13-9(21)7-10-15(24(2)3)17(27)14(20(23)30)19(29)22(10,32)18(13)28;1-7-6-25-15-11(14(22)19(15)12(7)16(23)24)18-13(21)10(17)8-2-4-9(20)5-3-8;/h4-6,9-10,15,25,27-28,31-32H,7H2,1-3H3,(H2,23,30);2-5,10-11,15,20H,6,17H2,1H3,(H,18,21)(H,23,24);1H2/t9-,10-,15-,21+,22-;10-,11-,15-;/m01./s1. The Balaban J connectivity index is 0.000000224. The zero-order chi connectivity index (χ0) is 42.2. The maximum absolute atomic E-state index is 13.3. The predicted octanol–water partition coefficient (Wildman–Crippen LogP) is -0.889. The Morgan fingerprint density at radius 3 is 2.21 bits per heavy atom. The van der Waals surface area contributed by atoms with Crippen molar-refractivity contribution in [2.45, 2.75) is 55.0 Å². The van der Waals surface area contributed by atoms with Gasteiger partial charge in [-0.1, -0.05) is 24.3 Å². The van der Waals surface area contributed by atoms with Gasteiger partial charge in [-0.25, -0.2) is 4.79 Å². The Bertz CT molecular complexity index is 2230. The third kappa shape index (κ3) is 6.46. The fourth-order valence-corrected chi connectivity index (χ4v) is 9.65. The van der Waals surface area contributed by atoms with Crippen molar-refractivity contribution in [3.8, 4) is 11.5 Å². The van der Waals surface area contributed by atoms with E-state index in [1.165, 1.54) is 85.0 Å². The minimum Gasteiger partial charge on any atom is -0.510 e. The first-order chi connectivity index (χ1) is 26.6. The van der Waals surface area contributed by atoms with E-state index in [2.05, 4.69) is 5.32 Å². The van der Waals surface area contributed by atoms with Gasteiger partial charge in [-0.2, -0.15) is 0 Å². The molecule has 310 valence electrons. The lowest BCUT2D eigenvalue weighted by Gasteiger charge is -2.52. The molecule has 8 atom stereocenters. The van der Waals surface area contributed by atoms with Crippen molar-refractivity contribution >= 4 is 47.0 Å². The van der Waals surface area contributed by atoms with Gasteiger partial charge < -0.3 is 58.0 Å². The van der Waals surface area contributed by atoms with Gasteiger partial charge in [0.2, 0.25) is 11.7 Å². The third-order valence-electron chi connectivity index (χ3n) is 11.2. The van der Waals surface area contributed by atoms with Crippen molar-refractivity contribution in [2.75, 3.05) is 19.8 Å². The Hall–Kier alpha value is -5.77. The number of phenols is 2. The van der Waals surface area contributed by atoms with Crippen LogP contribution >= 0.6 is 11.8 Å². The summed E-state index contributed by atoms with van der Waals surface area (Å²) in [5.74, 6) is -9.50. The summed E-state index contributed by atoms with van der Waals surface area (Å²) in [6.07, 6.45) is -0.200. The zero-order valence-electron chi connectivity index (χ0n) is 31.5. The number of nitrogens with two attached hydrogens (primary N) is 2. The molecule has 5 aliphatic rings. The number of rotatable bonds is 6. The molecule has 0 saturated carbocycles. The summed E-state index contributed by atoms with van der Waals surface area (Å²) in [6.45, 7) is 3.08. The number of amides is 3. The van der Waals surface area contributed by atoms with Gasteiger partial charge in [0, 0.05) is 23.2 Å². The number of β-lactam (4-membered cyclic amide) rings is 1. The van der Waals surface area contributed by atoms with E-state index in [0.717, 1.165) is 0 Å². The number of aromatic hydroxyl groups is 2. The molecular formula is C38H43N5O14S. The monoisotopic (exact) mass is 825 g/mol. The number of carbonyl (C=O) groups is 6. The molecule has 0 spiro atoms. The molecule has 1 saturated heterocycles. The smallest absolute Gasteiger partial charge is 0.352 e. The molecule has 58 heavy (non-hydrogen) atoms. The number of aliphatic carboxylic acids is 1. The number of nitrogens with zero attached hydrogens (tertiary/aromatic N) is 2. The molecule has 0 radical (unpaired) electrons. The van der Waals surface area contributed by atoms with Crippen LogP contribution < -0.4 is 16.8 Å². The number of phenolic OH excluding ortho intramolecular Hbond substituents is 2. The number of carboxylic acids is 1. The topological polar surface area (TPSA) is 346 Å². The lowest BCUT2D eigenvalue weighted by Crippen LogP contribution is -2.71. The van der Waals surface area contributed by atoms with Crippen LogP contribution in [-0.2, 0) is 29.6 Å². The summed E-state index contributed by atoms with van der Waals surface area (Å²) in [5.41, 5.74) is 6.35. The van der Waals surface area contributed by atoms with E-state index in [1.807, 2.05) is 0 Å². The van der Waals surface area contributed by atoms with E-state index in [-0.39, 0.29) is 34.5 Å². The quantitative estimate of drug-likeness (QED) is 0.125. The first-order valence-corrected chi connectivity index (χ1v) is 18.6. The number of thioether (sulfide) groups is 1. The van der Waals surface area contributed by atoms with Crippen molar-refractivity contribution in [3.63, 3.8) is 0 Å². The zero-order valence-corrected chi connectivity index (χ0v) is 32.3. The van der Waals surface area contributed by atoms with E-state index in [1.54, 1.807) is 6.92 Å². The molecule has 2 aromatic rings. The number of hydrogen-bond acceptors (Lipinski definition) is 15. The summed E-state index contributed by atoms with van der Waals surface area (Å²) in [5, 5.41) is 75.8. The molecule has 0 aromatic heterocycles. The van der Waals surface area contributed by atoms with Crippen molar-refractivity contribution in [3.05, 3.63) is 93.1 Å². The molecule has 20 heteroatoms. The second kappa shape index (κ2) is 15.2. The van der Waals surface area contributed by atoms with E-state index >= 15 is 0 Å². The van der Waals surface area contributed by atoms with Crippen molar-refractivity contribution in [1.29, 1.82) is 0 Å². The van der Waals surface area contributed by atoms with E-state index in [9.17, 15) is 64.5 Å². The molecule has 0 bridgehead atoms. The first-order valence-electron chi connectivity index (χ1n) is 17.5. The molecular weight excluding hydrogens is 783 g/mol. The van der Waals surface area contributed by atoms with E-state index in [4.69, 9.17) is 11.5 Å². The molecule has 2 aromatic carbocycles. The summed E-state index contributed by atoms with van der Waals surface area (Å²) in [6, 6.07) is 7.15.